The molecule has 0 aromatic heterocycles. The summed E-state index contributed by atoms with van der Waals surface area (Å²) in [6.07, 6.45) is -2.08. The van der Waals surface area contributed by atoms with E-state index in [1.165, 1.54) is 18.2 Å². The monoisotopic (exact) mass is 226 g/mol. The number of benzene rings is 1. The Labute approximate surface area is 91.3 Å². The molecule has 0 amide bonds. The minimum Gasteiger partial charge on any atom is -0.481 e. The number of hydrogen-bond acceptors (Lipinski definition) is 3. The van der Waals surface area contributed by atoms with Crippen molar-refractivity contribution in [3.05, 3.63) is 35.6 Å². The smallest absolute Gasteiger partial charge is 0.303 e. The number of carboxylic acids is 1. The van der Waals surface area contributed by atoms with Crippen molar-refractivity contribution in [3.8, 4) is 0 Å². The van der Waals surface area contributed by atoms with Gasteiger partial charge in [-0.15, -0.1) is 0 Å². The number of Topliss-reactive ketones (excluding diaryl/α,β-unsaturated/α-hetero) is 1. The van der Waals surface area contributed by atoms with Gasteiger partial charge in [-0.2, -0.15) is 0 Å². The largest absolute Gasteiger partial charge is 0.481 e. The van der Waals surface area contributed by atoms with Gasteiger partial charge in [-0.25, -0.2) is 4.39 Å². The van der Waals surface area contributed by atoms with Crippen molar-refractivity contribution < 1.29 is 24.2 Å². The summed E-state index contributed by atoms with van der Waals surface area (Å²) in [4.78, 5) is 21.5. The molecule has 2 N–H and O–H groups in total. The molecule has 1 aromatic carbocycles. The third kappa shape index (κ3) is 3.43. The van der Waals surface area contributed by atoms with E-state index in [0.717, 1.165) is 6.07 Å². The minimum absolute atomic E-state index is 0.135. The molecule has 0 aliphatic heterocycles. The van der Waals surface area contributed by atoms with Crippen LogP contribution in [0.5, 0.6) is 0 Å². The number of hydrogen-bond donors (Lipinski definition) is 2. The normalized spacial score (nSPS) is 12.1. The molecule has 0 heterocycles. The number of carboxylic acid groups (broad SMARTS) is 1. The van der Waals surface area contributed by atoms with Crippen LogP contribution in [0, 0.1) is 5.82 Å². The maximum atomic E-state index is 12.8. The Morgan fingerprint density at radius 3 is 2.56 bits per heavy atom. The van der Waals surface area contributed by atoms with Gasteiger partial charge in [-0.3, -0.25) is 9.59 Å². The quantitative estimate of drug-likeness (QED) is 0.793. The molecule has 0 bridgehead atoms. The number of carbonyl (C=O) groups excluding carboxylic acids is 1. The number of aliphatic hydroxyl groups excluding tert-OH is 1. The average Bonchev–Trinajstić information content (AvgIpc) is 2.24. The van der Waals surface area contributed by atoms with Gasteiger partial charge in [0.25, 0.3) is 0 Å². The third-order valence-corrected chi connectivity index (χ3v) is 2.05. The molecule has 4 nitrogen and oxygen atoms in total. The molecule has 0 aliphatic rings. The van der Waals surface area contributed by atoms with E-state index in [9.17, 15) is 19.1 Å². The van der Waals surface area contributed by atoms with Gasteiger partial charge in [0, 0.05) is 6.42 Å². The lowest BCUT2D eigenvalue weighted by Gasteiger charge is -2.08. The van der Waals surface area contributed by atoms with Gasteiger partial charge in [0.2, 0.25) is 0 Å². The molecule has 1 aromatic rings. The fourth-order valence-electron chi connectivity index (χ4n) is 1.23. The highest BCUT2D eigenvalue weighted by Gasteiger charge is 2.18. The molecular weight excluding hydrogens is 215 g/mol. The number of rotatable bonds is 5. The molecule has 86 valence electrons. The summed E-state index contributed by atoms with van der Waals surface area (Å²) in [5.74, 6) is -2.30. The van der Waals surface area contributed by atoms with Crippen LogP contribution in [0.25, 0.3) is 0 Å². The van der Waals surface area contributed by atoms with Crippen LogP contribution in [0.4, 0.5) is 4.39 Å². The Kier molecular flexibility index (Phi) is 4.13. The number of aliphatic carboxylic acids is 1. The molecule has 0 fully saturated rings. The number of carbonyl (C=O) groups is 2. The Morgan fingerprint density at radius 1 is 1.31 bits per heavy atom. The van der Waals surface area contributed by atoms with Gasteiger partial charge >= 0.3 is 5.97 Å². The van der Waals surface area contributed by atoms with E-state index in [-0.39, 0.29) is 18.4 Å². The Morgan fingerprint density at radius 2 is 2.00 bits per heavy atom. The van der Waals surface area contributed by atoms with Crippen LogP contribution in [0.1, 0.15) is 24.5 Å². The van der Waals surface area contributed by atoms with Crippen molar-refractivity contribution in [2.24, 2.45) is 0 Å². The number of aliphatic hydroxyl groups is 1. The summed E-state index contributed by atoms with van der Waals surface area (Å²) in [5, 5.41) is 17.9. The first-order chi connectivity index (χ1) is 7.50. The van der Waals surface area contributed by atoms with Crippen molar-refractivity contribution in [3.63, 3.8) is 0 Å². The van der Waals surface area contributed by atoms with E-state index in [2.05, 4.69) is 0 Å². The lowest BCUT2D eigenvalue weighted by molar-refractivity contribution is -0.139. The molecule has 0 unspecified atom stereocenters. The maximum absolute atomic E-state index is 12.8. The SMILES string of the molecule is O=C(O)CCC(=O)[C@@H](O)c1cccc(F)c1. The van der Waals surface area contributed by atoms with E-state index in [1.807, 2.05) is 0 Å². The van der Waals surface area contributed by atoms with Crippen LogP contribution in [0.3, 0.4) is 0 Å². The highest BCUT2D eigenvalue weighted by atomic mass is 19.1. The summed E-state index contributed by atoms with van der Waals surface area (Å²) in [7, 11) is 0. The summed E-state index contributed by atoms with van der Waals surface area (Å²) in [6.45, 7) is 0. The molecule has 16 heavy (non-hydrogen) atoms. The zero-order valence-electron chi connectivity index (χ0n) is 8.39. The molecule has 0 saturated carbocycles. The molecule has 0 radical (unpaired) electrons. The highest BCUT2D eigenvalue weighted by molar-refractivity contribution is 5.86. The second-order valence-electron chi connectivity index (χ2n) is 3.32. The Bertz CT molecular complexity index is 403. The maximum Gasteiger partial charge on any atom is 0.303 e. The zero-order valence-corrected chi connectivity index (χ0v) is 8.39. The summed E-state index contributed by atoms with van der Waals surface area (Å²) >= 11 is 0. The zero-order chi connectivity index (χ0) is 12.1. The van der Waals surface area contributed by atoms with Crippen LogP contribution in [0.2, 0.25) is 0 Å². The van der Waals surface area contributed by atoms with E-state index in [1.54, 1.807) is 0 Å². The van der Waals surface area contributed by atoms with Gasteiger partial charge < -0.3 is 10.2 Å². The topological polar surface area (TPSA) is 74.6 Å². The van der Waals surface area contributed by atoms with E-state index in [4.69, 9.17) is 5.11 Å². The molecule has 5 heteroatoms. The van der Waals surface area contributed by atoms with E-state index in [0.29, 0.717) is 0 Å². The first kappa shape index (κ1) is 12.3. The van der Waals surface area contributed by atoms with Gasteiger partial charge in [0.15, 0.2) is 5.78 Å². The highest BCUT2D eigenvalue weighted by Crippen LogP contribution is 2.16. The van der Waals surface area contributed by atoms with Crippen molar-refractivity contribution >= 4 is 11.8 Å². The second kappa shape index (κ2) is 5.37. The van der Waals surface area contributed by atoms with Crippen molar-refractivity contribution in [1.29, 1.82) is 0 Å². The van der Waals surface area contributed by atoms with Gasteiger partial charge in [0.05, 0.1) is 6.42 Å². The van der Waals surface area contributed by atoms with Crippen molar-refractivity contribution in [2.75, 3.05) is 0 Å². The lowest BCUT2D eigenvalue weighted by atomic mass is 10.0. The van der Waals surface area contributed by atoms with Crippen LogP contribution in [-0.2, 0) is 9.59 Å². The Balaban J connectivity index is 2.66. The molecule has 0 aliphatic carbocycles. The van der Waals surface area contributed by atoms with Gasteiger partial charge in [0.1, 0.15) is 11.9 Å². The lowest BCUT2D eigenvalue weighted by Crippen LogP contribution is -2.13. The molecular formula is C11H11FO4. The van der Waals surface area contributed by atoms with Crippen molar-refractivity contribution in [2.45, 2.75) is 18.9 Å². The second-order valence-corrected chi connectivity index (χ2v) is 3.32. The van der Waals surface area contributed by atoms with E-state index >= 15 is 0 Å². The summed E-state index contributed by atoms with van der Waals surface area (Å²) in [5.41, 5.74) is 0.135. The average molecular weight is 226 g/mol. The fourth-order valence-corrected chi connectivity index (χ4v) is 1.23. The standard InChI is InChI=1S/C11H11FO4/c12-8-3-1-2-7(6-8)11(16)9(13)4-5-10(14)15/h1-3,6,11,16H,4-5H2,(H,14,15)/t11-/m0/s1. The van der Waals surface area contributed by atoms with Crippen LogP contribution in [0.15, 0.2) is 24.3 Å². The number of halogens is 1. The summed E-state index contributed by atoms with van der Waals surface area (Å²) < 4.78 is 12.8. The van der Waals surface area contributed by atoms with Crippen LogP contribution in [-0.4, -0.2) is 22.0 Å². The third-order valence-electron chi connectivity index (χ3n) is 2.05. The predicted octanol–water partition coefficient (Wildman–Crippen LogP) is 1.29. The molecule has 0 spiro atoms. The fraction of sp³-hybridized carbons (Fsp3) is 0.273. The molecule has 1 rings (SSSR count). The minimum atomic E-state index is -1.46. The molecule has 0 saturated heterocycles. The first-order valence-electron chi connectivity index (χ1n) is 4.68. The van der Waals surface area contributed by atoms with E-state index < -0.39 is 23.7 Å². The van der Waals surface area contributed by atoms with Crippen LogP contribution < -0.4 is 0 Å². The van der Waals surface area contributed by atoms with Gasteiger partial charge in [-0.1, -0.05) is 12.1 Å². The number of ketones is 1. The Hall–Kier alpha value is -1.75. The first-order valence-corrected chi connectivity index (χ1v) is 4.68. The predicted molar refractivity (Wildman–Crippen MR) is 53.2 cm³/mol. The summed E-state index contributed by atoms with van der Waals surface area (Å²) in [6, 6.07) is 5.02. The van der Waals surface area contributed by atoms with Crippen molar-refractivity contribution in [1.82, 2.24) is 0 Å². The van der Waals surface area contributed by atoms with Gasteiger partial charge in [-0.05, 0) is 17.7 Å². The van der Waals surface area contributed by atoms with Crippen LogP contribution >= 0.6 is 0 Å². The molecule has 1 atom stereocenters.